The van der Waals surface area contributed by atoms with Crippen molar-refractivity contribution in [1.29, 1.82) is 0 Å². The maximum Gasteiger partial charge on any atom is 0.383 e. The van der Waals surface area contributed by atoms with E-state index in [4.69, 9.17) is 0 Å². The summed E-state index contributed by atoms with van der Waals surface area (Å²) >= 11 is -3.02. The van der Waals surface area contributed by atoms with Crippen molar-refractivity contribution in [3.8, 4) is 0 Å². The minimum atomic E-state index is -4.44. The molecule has 0 saturated carbocycles. The molecule has 0 spiro atoms. The van der Waals surface area contributed by atoms with Crippen LogP contribution in [0.4, 0.5) is 13.2 Å². The molecule has 8 heteroatoms. The Morgan fingerprint density at radius 2 is 2.00 bits per heavy atom. The largest absolute Gasteiger partial charge is 0.750 e. The van der Waals surface area contributed by atoms with Crippen molar-refractivity contribution in [2.45, 2.75) is 5.80 Å². The van der Waals surface area contributed by atoms with Crippen LogP contribution < -0.4 is 0 Å². The van der Waals surface area contributed by atoms with Gasteiger partial charge in [-0.1, -0.05) is 0 Å². The zero-order valence-corrected chi connectivity index (χ0v) is 6.20. The Kier molecular flexibility index (Phi) is 3.32. The van der Waals surface area contributed by atoms with Crippen LogP contribution in [-0.4, -0.2) is 24.3 Å². The van der Waals surface area contributed by atoms with E-state index in [1.165, 1.54) is 0 Å². The molecule has 0 amide bonds. The van der Waals surface area contributed by atoms with E-state index in [-0.39, 0.29) is 0 Å². The van der Waals surface area contributed by atoms with Crippen molar-refractivity contribution in [3.05, 3.63) is 0 Å². The van der Waals surface area contributed by atoms with Gasteiger partial charge in [0.25, 0.3) is 0 Å². The maximum atomic E-state index is 11.1. The summed E-state index contributed by atoms with van der Waals surface area (Å²) in [5.41, 5.74) is 0. The van der Waals surface area contributed by atoms with Crippen LogP contribution in [0, 0.1) is 0 Å². The smallest absolute Gasteiger partial charge is 0.383 e. The summed E-state index contributed by atoms with van der Waals surface area (Å²) in [6.45, 7) is 0. The van der Waals surface area contributed by atoms with E-state index in [0.717, 1.165) is 0 Å². The van der Waals surface area contributed by atoms with Gasteiger partial charge in [-0.2, -0.15) is 13.2 Å². The standard InChI is InChI=1S/CH3F3O3SSi/c2-1(3,4)9-7-8(5)6/h9H2,(H,5,6)/p-1. The fourth-order valence-corrected chi connectivity index (χ4v) is 1.03. The molecule has 0 bridgehead atoms. The van der Waals surface area contributed by atoms with Crippen molar-refractivity contribution in [2.75, 3.05) is 0 Å². The molecule has 0 aliphatic rings. The lowest BCUT2D eigenvalue weighted by Crippen LogP contribution is -2.22. The van der Waals surface area contributed by atoms with Crippen LogP contribution in [0.3, 0.4) is 0 Å². The summed E-state index contributed by atoms with van der Waals surface area (Å²) in [6, 6.07) is 0. The predicted octanol–water partition coefficient (Wildman–Crippen LogP) is -0.599. The zero-order chi connectivity index (χ0) is 7.49. The van der Waals surface area contributed by atoms with Gasteiger partial charge in [-0.15, -0.1) is 0 Å². The van der Waals surface area contributed by atoms with E-state index in [0.29, 0.717) is 0 Å². The first-order chi connectivity index (χ1) is 3.92. The zero-order valence-electron chi connectivity index (χ0n) is 3.97. The van der Waals surface area contributed by atoms with Crippen molar-refractivity contribution in [2.24, 2.45) is 0 Å². The first kappa shape index (κ1) is 9.08. The Morgan fingerprint density at radius 3 is 2.11 bits per heavy atom. The first-order valence-corrected chi connectivity index (χ1v) is 3.99. The molecule has 0 N–H and O–H groups in total. The highest BCUT2D eigenvalue weighted by molar-refractivity contribution is 7.74. The summed E-state index contributed by atoms with van der Waals surface area (Å²) in [5.74, 6) is -4.44. The Hall–Kier alpha value is 0.0769. The average molecular weight is 179 g/mol. The average Bonchev–Trinajstić information content (AvgIpc) is 1.59. The van der Waals surface area contributed by atoms with Crippen LogP contribution in [0.25, 0.3) is 0 Å². The Labute approximate surface area is 53.6 Å². The third-order valence-electron chi connectivity index (χ3n) is 0.319. The Bertz CT molecular complexity index is 112. The van der Waals surface area contributed by atoms with Gasteiger partial charge >= 0.3 is 15.6 Å². The quantitative estimate of drug-likeness (QED) is 0.420. The summed E-state index contributed by atoms with van der Waals surface area (Å²) < 4.78 is 55.3. The van der Waals surface area contributed by atoms with Gasteiger partial charge in [0.15, 0.2) is 0 Å². The Morgan fingerprint density at radius 1 is 1.56 bits per heavy atom. The van der Waals surface area contributed by atoms with Gasteiger partial charge in [0, 0.05) is 0 Å². The Balaban J connectivity index is 3.39. The van der Waals surface area contributed by atoms with Crippen LogP contribution in [0.5, 0.6) is 0 Å². The van der Waals surface area contributed by atoms with E-state index in [2.05, 4.69) is 3.87 Å². The number of hydrogen-bond donors (Lipinski definition) is 0. The minimum Gasteiger partial charge on any atom is -0.750 e. The van der Waals surface area contributed by atoms with Crippen molar-refractivity contribution < 1.29 is 25.8 Å². The minimum absolute atomic E-state index is 2.91. The lowest BCUT2D eigenvalue weighted by Gasteiger charge is -2.07. The van der Waals surface area contributed by atoms with Crippen LogP contribution in [0.1, 0.15) is 0 Å². The fraction of sp³-hybridized carbons (Fsp3) is 1.00. The van der Waals surface area contributed by atoms with Crippen LogP contribution in [0.2, 0.25) is 0 Å². The number of rotatable bonds is 2. The molecule has 0 saturated heterocycles. The molecule has 0 radical (unpaired) electrons. The van der Waals surface area contributed by atoms with Gasteiger partial charge in [-0.05, 0) is 0 Å². The van der Waals surface area contributed by atoms with E-state index in [1.54, 1.807) is 0 Å². The third-order valence-corrected chi connectivity index (χ3v) is 1.89. The molecule has 1 atom stereocenters. The van der Waals surface area contributed by atoms with Crippen LogP contribution in [0.15, 0.2) is 0 Å². The van der Waals surface area contributed by atoms with Crippen molar-refractivity contribution >= 4 is 21.1 Å². The highest BCUT2D eigenvalue weighted by Crippen LogP contribution is 2.12. The van der Waals surface area contributed by atoms with Gasteiger partial charge in [0.1, 0.15) is 0 Å². The van der Waals surface area contributed by atoms with E-state index >= 15 is 0 Å². The third kappa shape index (κ3) is 8.08. The lowest BCUT2D eigenvalue weighted by molar-refractivity contribution is -0.0545. The van der Waals surface area contributed by atoms with Gasteiger partial charge < -0.3 is 8.42 Å². The molecular formula is CH2F3O3SSi-. The molecule has 0 rings (SSSR count). The second-order valence-electron chi connectivity index (χ2n) is 1.08. The molecule has 0 aliphatic heterocycles. The molecule has 0 fully saturated rings. The topological polar surface area (TPSA) is 49.4 Å². The second kappa shape index (κ2) is 3.30. The summed E-state index contributed by atoms with van der Waals surface area (Å²) in [4.78, 5) is 0. The normalized spacial score (nSPS) is 16.9. The maximum absolute atomic E-state index is 11.1. The number of hydrogen-bond acceptors (Lipinski definition) is 3. The van der Waals surface area contributed by atoms with E-state index in [1.807, 2.05) is 0 Å². The molecule has 0 aromatic carbocycles. The van der Waals surface area contributed by atoms with Gasteiger partial charge in [0.05, 0.1) is 11.4 Å². The number of alkyl halides is 3. The molecule has 0 aromatic rings. The summed E-state index contributed by atoms with van der Waals surface area (Å²) in [7, 11) is -2.91. The predicted molar refractivity (Wildman–Crippen MR) is 24.6 cm³/mol. The molecule has 56 valence electrons. The molecular weight excluding hydrogens is 177 g/mol. The van der Waals surface area contributed by atoms with Crippen LogP contribution >= 0.6 is 0 Å². The number of halogens is 3. The molecule has 0 aliphatic carbocycles. The molecule has 9 heavy (non-hydrogen) atoms. The first-order valence-electron chi connectivity index (χ1n) is 1.71. The molecule has 3 nitrogen and oxygen atoms in total. The van der Waals surface area contributed by atoms with Gasteiger partial charge in [-0.25, -0.2) is 4.21 Å². The molecule has 1 unspecified atom stereocenters. The van der Waals surface area contributed by atoms with Crippen molar-refractivity contribution in [3.63, 3.8) is 0 Å². The van der Waals surface area contributed by atoms with Gasteiger partial charge in [0.2, 0.25) is 0 Å². The second-order valence-corrected chi connectivity index (χ2v) is 3.52. The summed E-state index contributed by atoms with van der Waals surface area (Å²) in [6.07, 6.45) is 0. The van der Waals surface area contributed by atoms with Gasteiger partial charge in [-0.3, -0.25) is 0 Å². The fourth-order valence-electron chi connectivity index (χ4n) is 0.115. The van der Waals surface area contributed by atoms with Crippen molar-refractivity contribution in [1.82, 2.24) is 0 Å². The lowest BCUT2D eigenvalue weighted by atomic mass is 11.5. The summed E-state index contributed by atoms with van der Waals surface area (Å²) in [5, 5.41) is 0. The molecule has 0 heterocycles. The van der Waals surface area contributed by atoms with Crippen LogP contribution in [-0.2, 0) is 15.2 Å². The SMILES string of the molecule is O=S([O-])O[SiH2]C(F)(F)F. The monoisotopic (exact) mass is 179 g/mol. The highest BCUT2D eigenvalue weighted by Gasteiger charge is 2.28. The molecule has 0 aromatic heterocycles. The van der Waals surface area contributed by atoms with E-state index in [9.17, 15) is 21.9 Å². The highest BCUT2D eigenvalue weighted by atomic mass is 32.2. The van der Waals surface area contributed by atoms with E-state index < -0.39 is 26.9 Å².